The number of para-hydroxylation sites is 3. The molecule has 1 atom stereocenters. The van der Waals surface area contributed by atoms with Gasteiger partial charge in [0.1, 0.15) is 5.75 Å². The fourth-order valence-electron chi connectivity index (χ4n) is 6.94. The topological polar surface area (TPSA) is 86.5 Å². The summed E-state index contributed by atoms with van der Waals surface area (Å²) in [4.78, 5) is 26.1. The van der Waals surface area contributed by atoms with Crippen molar-refractivity contribution in [2.24, 2.45) is 5.92 Å². The Hall–Kier alpha value is -4.98. The zero-order valence-electron chi connectivity index (χ0n) is 22.6. The molecule has 0 fully saturated rings. The van der Waals surface area contributed by atoms with E-state index in [1.165, 1.54) is 0 Å². The van der Waals surface area contributed by atoms with Crippen molar-refractivity contribution >= 4 is 55.6 Å². The van der Waals surface area contributed by atoms with E-state index >= 15 is 0 Å². The molecule has 2 amide bonds. The summed E-state index contributed by atoms with van der Waals surface area (Å²) in [6, 6.07) is 24.3. The molecule has 0 bridgehead atoms. The average molecular weight is 545 g/mol. The van der Waals surface area contributed by atoms with Crippen LogP contribution in [-0.2, 0) is 30.9 Å². The van der Waals surface area contributed by atoms with Crippen molar-refractivity contribution in [3.05, 3.63) is 89.5 Å². The van der Waals surface area contributed by atoms with Crippen molar-refractivity contribution in [1.29, 1.82) is 0 Å². The summed E-state index contributed by atoms with van der Waals surface area (Å²) in [6.07, 6.45) is -0.460. The molecule has 2 aliphatic rings. The first kappa shape index (κ1) is 23.9. The van der Waals surface area contributed by atoms with E-state index in [1.807, 2.05) is 36.4 Å². The maximum atomic E-state index is 13.3. The lowest BCUT2D eigenvalue weighted by atomic mass is 9.97. The summed E-state index contributed by atoms with van der Waals surface area (Å²) in [5.74, 6) is 0.723. The molecule has 0 saturated carbocycles. The van der Waals surface area contributed by atoms with Gasteiger partial charge in [-0.2, -0.15) is 0 Å². The van der Waals surface area contributed by atoms with E-state index < -0.39 is 6.09 Å². The number of carbonyl (C=O) groups excluding carboxylic acids is 2. The second-order valence-electron chi connectivity index (χ2n) is 10.9. The second kappa shape index (κ2) is 9.02. The fourth-order valence-corrected chi connectivity index (χ4v) is 6.94. The highest BCUT2D eigenvalue weighted by atomic mass is 16.5. The molecule has 2 aliphatic heterocycles. The number of carbonyl (C=O) groups is 2. The number of alkyl carbamates (subject to hydrolysis) is 1. The first-order valence-electron chi connectivity index (χ1n) is 13.9. The number of fused-ring (bicyclic) bond motifs is 9. The minimum Gasteiger partial charge on any atom is -0.496 e. The van der Waals surface area contributed by atoms with Gasteiger partial charge in [0.05, 0.1) is 30.3 Å². The third-order valence-electron chi connectivity index (χ3n) is 8.62. The van der Waals surface area contributed by atoms with Crippen molar-refractivity contribution in [2.45, 2.75) is 26.2 Å². The van der Waals surface area contributed by atoms with Crippen LogP contribution in [0.5, 0.6) is 5.75 Å². The summed E-state index contributed by atoms with van der Waals surface area (Å²) < 4.78 is 15.9. The third-order valence-corrected chi connectivity index (χ3v) is 8.62. The van der Waals surface area contributed by atoms with Crippen molar-refractivity contribution < 1.29 is 19.1 Å². The van der Waals surface area contributed by atoms with Gasteiger partial charge in [-0.25, -0.2) is 4.79 Å². The Morgan fingerprint density at radius 1 is 0.902 bits per heavy atom. The molecule has 8 nitrogen and oxygen atoms in total. The van der Waals surface area contributed by atoms with Gasteiger partial charge >= 0.3 is 6.09 Å². The van der Waals surface area contributed by atoms with E-state index in [2.05, 4.69) is 56.2 Å². The first-order chi connectivity index (χ1) is 20.1. The van der Waals surface area contributed by atoms with E-state index in [0.29, 0.717) is 26.2 Å². The summed E-state index contributed by atoms with van der Waals surface area (Å²) in [5.41, 5.74) is 7.18. The van der Waals surface area contributed by atoms with Crippen LogP contribution in [0.3, 0.4) is 0 Å². The van der Waals surface area contributed by atoms with Gasteiger partial charge in [0, 0.05) is 70.2 Å². The summed E-state index contributed by atoms with van der Waals surface area (Å²) in [6.45, 7) is 2.45. The van der Waals surface area contributed by atoms with Gasteiger partial charge in [0.25, 0.3) is 5.91 Å². The van der Waals surface area contributed by atoms with E-state index in [0.717, 1.165) is 66.1 Å². The molecule has 0 radical (unpaired) electrons. The molecule has 8 heteroatoms. The number of benzene rings is 4. The Morgan fingerprint density at radius 2 is 1.54 bits per heavy atom. The van der Waals surface area contributed by atoms with Gasteiger partial charge < -0.3 is 29.2 Å². The Balaban J connectivity index is 1.22. The minimum atomic E-state index is -0.460. The number of methoxy groups -OCH3 is 1. The molecule has 1 unspecified atom stereocenters. The summed E-state index contributed by atoms with van der Waals surface area (Å²) in [7, 11) is 1.62. The Labute approximate surface area is 235 Å². The van der Waals surface area contributed by atoms with Gasteiger partial charge in [-0.05, 0) is 23.8 Å². The van der Waals surface area contributed by atoms with Crippen molar-refractivity contribution in [1.82, 2.24) is 19.8 Å². The predicted octanol–water partition coefficient (Wildman–Crippen LogP) is 5.71. The molecule has 204 valence electrons. The largest absolute Gasteiger partial charge is 0.496 e. The van der Waals surface area contributed by atoms with Crippen LogP contribution < -0.4 is 15.4 Å². The average Bonchev–Trinajstić information content (AvgIpc) is 3.60. The number of nitrogens with zero attached hydrogens (tertiary/aromatic N) is 2. The smallest absolute Gasteiger partial charge is 0.407 e. The summed E-state index contributed by atoms with van der Waals surface area (Å²) in [5, 5.41) is 10.3. The van der Waals surface area contributed by atoms with Crippen LogP contribution in [0.2, 0.25) is 0 Å². The second-order valence-corrected chi connectivity index (χ2v) is 10.9. The normalized spacial score (nSPS) is 15.9. The number of hydrogen-bond acceptors (Lipinski definition) is 4. The number of ether oxygens (including phenoxy) is 2. The molecule has 4 aromatic carbocycles. The molecule has 4 heterocycles. The van der Waals surface area contributed by atoms with Gasteiger partial charge in [0.2, 0.25) is 0 Å². The standard InChI is InChI=1S/C33H28N4O4/c1-40-26-13-7-2-8-20(26)14-35-33(39)41-18-19-16-36-24-11-5-3-9-21(24)27-23-15-34-32(38)29(23)28-22-10-4-6-12-25(22)37(17-19)31(28)30(27)36/h2-13,19H,14-18H2,1H3,(H,34,38)(H,35,39). The van der Waals surface area contributed by atoms with Crippen molar-refractivity contribution in [3.63, 3.8) is 0 Å². The molecule has 8 rings (SSSR count). The van der Waals surface area contributed by atoms with Crippen LogP contribution in [0, 0.1) is 5.92 Å². The van der Waals surface area contributed by atoms with E-state index in [4.69, 9.17) is 9.47 Å². The number of aromatic nitrogens is 2. The molecule has 2 aromatic heterocycles. The zero-order chi connectivity index (χ0) is 27.7. The predicted molar refractivity (Wildman–Crippen MR) is 158 cm³/mol. The van der Waals surface area contributed by atoms with Crippen molar-refractivity contribution in [3.8, 4) is 5.75 Å². The molecular formula is C33H28N4O4. The fraction of sp³-hybridized carbons (Fsp3) is 0.212. The highest BCUT2D eigenvalue weighted by molar-refractivity contribution is 6.30. The maximum absolute atomic E-state index is 13.3. The number of nitrogens with one attached hydrogen (secondary N) is 2. The van der Waals surface area contributed by atoms with Crippen LogP contribution in [0.4, 0.5) is 4.79 Å². The zero-order valence-corrected chi connectivity index (χ0v) is 22.6. The number of hydrogen-bond donors (Lipinski definition) is 2. The molecule has 6 aromatic rings. The lowest BCUT2D eigenvalue weighted by molar-refractivity contribution is 0.0967. The highest BCUT2D eigenvalue weighted by Gasteiger charge is 2.34. The van der Waals surface area contributed by atoms with Gasteiger partial charge in [-0.3, -0.25) is 4.79 Å². The quantitative estimate of drug-likeness (QED) is 0.291. The Kier molecular flexibility index (Phi) is 5.25. The van der Waals surface area contributed by atoms with Crippen LogP contribution >= 0.6 is 0 Å². The van der Waals surface area contributed by atoms with Crippen LogP contribution in [0.25, 0.3) is 43.6 Å². The van der Waals surface area contributed by atoms with Crippen LogP contribution in [-0.4, -0.2) is 34.9 Å². The van der Waals surface area contributed by atoms with E-state index in [-0.39, 0.29) is 18.4 Å². The molecule has 41 heavy (non-hydrogen) atoms. The number of amides is 2. The maximum Gasteiger partial charge on any atom is 0.407 e. The number of rotatable bonds is 5. The van der Waals surface area contributed by atoms with Gasteiger partial charge in [-0.1, -0.05) is 54.6 Å². The van der Waals surface area contributed by atoms with E-state index in [1.54, 1.807) is 7.11 Å². The van der Waals surface area contributed by atoms with Gasteiger partial charge in [0.15, 0.2) is 0 Å². The molecule has 0 spiro atoms. The molecule has 0 aliphatic carbocycles. The third kappa shape index (κ3) is 3.46. The molecule has 2 N–H and O–H groups in total. The van der Waals surface area contributed by atoms with Crippen molar-refractivity contribution in [2.75, 3.05) is 13.7 Å². The molecular weight excluding hydrogens is 516 g/mol. The van der Waals surface area contributed by atoms with E-state index in [9.17, 15) is 9.59 Å². The first-order valence-corrected chi connectivity index (χ1v) is 13.9. The lowest BCUT2D eigenvalue weighted by Gasteiger charge is -2.18. The van der Waals surface area contributed by atoms with Gasteiger partial charge in [-0.15, -0.1) is 0 Å². The SMILES string of the molecule is COc1ccccc1CNC(=O)OCC1Cn2c3ccccc3c3c4c(c5c6ccccc6n(c5c32)C1)C(=O)NC4. The van der Waals surface area contributed by atoms with Crippen LogP contribution in [0.1, 0.15) is 21.5 Å². The monoisotopic (exact) mass is 544 g/mol. The molecule has 0 saturated heterocycles. The highest BCUT2D eigenvalue weighted by Crippen LogP contribution is 2.46. The Morgan fingerprint density at radius 3 is 2.27 bits per heavy atom. The summed E-state index contributed by atoms with van der Waals surface area (Å²) >= 11 is 0. The Bertz CT molecular complexity index is 2050. The lowest BCUT2D eigenvalue weighted by Crippen LogP contribution is -2.28. The van der Waals surface area contributed by atoms with Crippen LogP contribution in [0.15, 0.2) is 72.8 Å². The minimum absolute atomic E-state index is 0.0149.